The lowest BCUT2D eigenvalue weighted by Crippen LogP contribution is -2.28. The second-order valence-electron chi connectivity index (χ2n) is 4.02. The maximum atomic E-state index is 12.0. The molecule has 1 amide bonds. The lowest BCUT2D eigenvalue weighted by atomic mass is 10.1. The normalized spacial score (nSPS) is 11.7. The Bertz CT molecular complexity index is 533. The van der Waals surface area contributed by atoms with Gasteiger partial charge in [-0.05, 0) is 19.1 Å². The summed E-state index contributed by atoms with van der Waals surface area (Å²) in [5.74, 6) is -0.228. The average Bonchev–Trinajstić information content (AvgIpc) is 2.38. The van der Waals surface area contributed by atoms with Crippen molar-refractivity contribution in [1.82, 2.24) is 5.32 Å². The maximum Gasteiger partial charge on any atom is 0.305 e. The number of carbonyl (C=O) groups excluding carboxylic acids is 1. The maximum absolute atomic E-state index is 12.0. The van der Waals surface area contributed by atoms with Gasteiger partial charge in [0.15, 0.2) is 0 Å². The number of nitrogens with one attached hydrogen (secondary N) is 2. The average molecular weight is 299 g/mol. The Morgan fingerprint density at radius 2 is 2.15 bits per heavy atom. The van der Waals surface area contributed by atoms with Gasteiger partial charge in [0.05, 0.1) is 4.92 Å². The Labute approximate surface area is 119 Å². The van der Waals surface area contributed by atoms with E-state index in [1.165, 1.54) is 12.3 Å². The smallest absolute Gasteiger partial charge is 0.305 e. The number of hydrogen-bond acceptors (Lipinski definition) is 5. The zero-order valence-electron chi connectivity index (χ0n) is 11.3. The van der Waals surface area contributed by atoms with Gasteiger partial charge >= 0.3 is 5.69 Å². The van der Waals surface area contributed by atoms with Gasteiger partial charge in [0, 0.05) is 35.9 Å². The second kappa shape index (κ2) is 7.59. The number of amides is 1. The van der Waals surface area contributed by atoms with Crippen LogP contribution < -0.4 is 10.6 Å². The van der Waals surface area contributed by atoms with Crippen molar-refractivity contribution in [2.45, 2.75) is 6.92 Å². The van der Waals surface area contributed by atoms with Gasteiger partial charge in [-0.3, -0.25) is 19.1 Å². The molecule has 1 aromatic rings. The third-order valence-corrected chi connectivity index (χ3v) is 3.28. The van der Waals surface area contributed by atoms with Crippen molar-refractivity contribution in [2.24, 2.45) is 0 Å². The SMILES string of the molecule is CCNc1cccc(C(=O)NCCS(C)=O)c1[N+](=O)[O-]. The second-order valence-corrected chi connectivity index (χ2v) is 5.58. The third-order valence-electron chi connectivity index (χ3n) is 2.51. The summed E-state index contributed by atoms with van der Waals surface area (Å²) in [5.41, 5.74) is 0.0593. The van der Waals surface area contributed by atoms with Crippen LogP contribution in [0.2, 0.25) is 0 Å². The standard InChI is InChI=1S/C12H17N3O4S/c1-3-13-10-6-4-5-9(11(10)15(17)18)12(16)14-7-8-20(2)19/h4-6,13H,3,7-8H2,1-2H3,(H,14,16). The van der Waals surface area contributed by atoms with Crippen molar-refractivity contribution in [1.29, 1.82) is 0 Å². The minimum atomic E-state index is -1.02. The summed E-state index contributed by atoms with van der Waals surface area (Å²) in [6, 6.07) is 4.54. The fourth-order valence-corrected chi connectivity index (χ4v) is 2.05. The van der Waals surface area contributed by atoms with Gasteiger partial charge in [-0.1, -0.05) is 6.07 Å². The van der Waals surface area contributed by atoms with Crippen LogP contribution in [0.25, 0.3) is 0 Å². The molecule has 20 heavy (non-hydrogen) atoms. The molecule has 0 spiro atoms. The van der Waals surface area contributed by atoms with Crippen LogP contribution >= 0.6 is 0 Å². The zero-order valence-corrected chi connectivity index (χ0v) is 12.2. The Morgan fingerprint density at radius 3 is 2.70 bits per heavy atom. The third kappa shape index (κ3) is 4.30. The first-order valence-corrected chi connectivity index (χ1v) is 7.79. The molecule has 0 aliphatic rings. The zero-order chi connectivity index (χ0) is 15.1. The van der Waals surface area contributed by atoms with E-state index < -0.39 is 21.6 Å². The minimum absolute atomic E-state index is 0.00432. The Balaban J connectivity index is 2.98. The van der Waals surface area contributed by atoms with E-state index in [9.17, 15) is 19.1 Å². The summed E-state index contributed by atoms with van der Waals surface area (Å²) in [6.45, 7) is 2.54. The van der Waals surface area contributed by atoms with Crippen molar-refractivity contribution in [3.05, 3.63) is 33.9 Å². The molecule has 0 saturated heterocycles. The number of hydrogen-bond donors (Lipinski definition) is 2. The van der Waals surface area contributed by atoms with Crippen LogP contribution in [-0.2, 0) is 10.8 Å². The monoisotopic (exact) mass is 299 g/mol. The molecule has 0 aliphatic carbocycles. The number of nitro groups is 1. The van der Waals surface area contributed by atoms with Gasteiger partial charge in [0.2, 0.25) is 0 Å². The fraction of sp³-hybridized carbons (Fsp3) is 0.417. The summed E-state index contributed by atoms with van der Waals surface area (Å²) in [5, 5.41) is 16.5. The van der Waals surface area contributed by atoms with Crippen molar-refractivity contribution in [3.8, 4) is 0 Å². The molecule has 1 aromatic carbocycles. The van der Waals surface area contributed by atoms with E-state index >= 15 is 0 Å². The van der Waals surface area contributed by atoms with Crippen LogP contribution in [0, 0.1) is 10.1 Å². The summed E-state index contributed by atoms with van der Waals surface area (Å²) in [7, 11) is -1.02. The van der Waals surface area contributed by atoms with E-state index in [1.807, 2.05) is 6.92 Å². The largest absolute Gasteiger partial charge is 0.380 e. The van der Waals surface area contributed by atoms with E-state index in [2.05, 4.69) is 10.6 Å². The van der Waals surface area contributed by atoms with Crippen molar-refractivity contribution >= 4 is 28.1 Å². The molecule has 7 nitrogen and oxygen atoms in total. The van der Waals surface area contributed by atoms with E-state index in [-0.39, 0.29) is 17.8 Å². The molecule has 0 aromatic heterocycles. The first-order chi connectivity index (χ1) is 9.47. The Kier molecular flexibility index (Phi) is 6.10. The predicted molar refractivity (Wildman–Crippen MR) is 78.5 cm³/mol. The molecule has 0 fully saturated rings. The molecule has 1 rings (SSSR count). The quantitative estimate of drug-likeness (QED) is 0.580. The van der Waals surface area contributed by atoms with Crippen molar-refractivity contribution in [3.63, 3.8) is 0 Å². The number of benzene rings is 1. The van der Waals surface area contributed by atoms with E-state index in [0.717, 1.165) is 0 Å². The van der Waals surface area contributed by atoms with E-state index in [0.29, 0.717) is 18.0 Å². The van der Waals surface area contributed by atoms with Crippen LogP contribution in [0.5, 0.6) is 0 Å². The molecule has 1 unspecified atom stereocenters. The summed E-state index contributed by atoms with van der Waals surface area (Å²) < 4.78 is 10.9. The number of carbonyl (C=O) groups is 1. The molecule has 110 valence electrons. The van der Waals surface area contributed by atoms with Crippen LogP contribution in [0.4, 0.5) is 11.4 Å². The number of rotatable bonds is 7. The molecule has 0 radical (unpaired) electrons. The lowest BCUT2D eigenvalue weighted by molar-refractivity contribution is -0.384. The summed E-state index contributed by atoms with van der Waals surface area (Å²) in [4.78, 5) is 22.5. The van der Waals surface area contributed by atoms with E-state index in [1.54, 1.807) is 12.1 Å². The van der Waals surface area contributed by atoms with Crippen LogP contribution in [-0.4, -0.2) is 40.1 Å². The fourth-order valence-electron chi connectivity index (χ4n) is 1.66. The van der Waals surface area contributed by atoms with Gasteiger partial charge in [0.1, 0.15) is 11.3 Å². The van der Waals surface area contributed by atoms with Gasteiger partial charge in [-0.2, -0.15) is 0 Å². The predicted octanol–water partition coefficient (Wildman–Crippen LogP) is 1.13. The number of anilines is 1. The van der Waals surface area contributed by atoms with Gasteiger partial charge in [-0.25, -0.2) is 0 Å². The molecule has 8 heteroatoms. The Hall–Kier alpha value is -1.96. The van der Waals surface area contributed by atoms with Crippen molar-refractivity contribution in [2.75, 3.05) is 30.4 Å². The number of nitro benzene ring substituents is 1. The summed E-state index contributed by atoms with van der Waals surface area (Å²) in [6.07, 6.45) is 1.53. The van der Waals surface area contributed by atoms with Crippen LogP contribution in [0.1, 0.15) is 17.3 Å². The van der Waals surface area contributed by atoms with Gasteiger partial charge in [-0.15, -0.1) is 0 Å². The molecule has 1 atom stereocenters. The topological polar surface area (TPSA) is 101 Å². The minimum Gasteiger partial charge on any atom is -0.380 e. The Morgan fingerprint density at radius 1 is 1.45 bits per heavy atom. The molecule has 0 bridgehead atoms. The van der Waals surface area contributed by atoms with E-state index in [4.69, 9.17) is 0 Å². The lowest BCUT2D eigenvalue weighted by Gasteiger charge is -2.09. The highest BCUT2D eigenvalue weighted by Gasteiger charge is 2.23. The highest BCUT2D eigenvalue weighted by molar-refractivity contribution is 7.84. The molecule has 0 heterocycles. The number of para-hydroxylation sites is 1. The molecular weight excluding hydrogens is 282 g/mol. The van der Waals surface area contributed by atoms with Crippen LogP contribution in [0.15, 0.2) is 18.2 Å². The van der Waals surface area contributed by atoms with Crippen LogP contribution in [0.3, 0.4) is 0 Å². The summed E-state index contributed by atoms with van der Waals surface area (Å²) >= 11 is 0. The van der Waals surface area contributed by atoms with Gasteiger partial charge < -0.3 is 10.6 Å². The number of nitrogens with zero attached hydrogens (tertiary/aromatic N) is 1. The first-order valence-electron chi connectivity index (χ1n) is 6.06. The highest BCUT2D eigenvalue weighted by Crippen LogP contribution is 2.28. The first kappa shape index (κ1) is 16.1. The van der Waals surface area contributed by atoms with Gasteiger partial charge in [0.25, 0.3) is 5.91 Å². The molecular formula is C12H17N3O4S. The van der Waals surface area contributed by atoms with Crippen molar-refractivity contribution < 1.29 is 13.9 Å². The molecule has 0 saturated carbocycles. The molecule has 2 N–H and O–H groups in total. The highest BCUT2D eigenvalue weighted by atomic mass is 32.2. The molecule has 0 aliphatic heterocycles.